The number of carboxylic acids is 1. The highest BCUT2D eigenvalue weighted by Crippen LogP contribution is 2.47. The summed E-state index contributed by atoms with van der Waals surface area (Å²) in [5.41, 5.74) is 2.55. The van der Waals surface area contributed by atoms with Gasteiger partial charge in [-0.25, -0.2) is 0 Å². The molecule has 2 aliphatic rings. The van der Waals surface area contributed by atoms with E-state index >= 15 is 0 Å². The second kappa shape index (κ2) is 9.00. The highest BCUT2D eigenvalue weighted by Gasteiger charge is 2.26. The van der Waals surface area contributed by atoms with Gasteiger partial charge in [-0.2, -0.15) is 0 Å². The first-order valence-electron chi connectivity index (χ1n) is 9.31. The lowest BCUT2D eigenvalue weighted by atomic mass is 9.98. The molecule has 2 aromatic rings. The second-order valence-electron chi connectivity index (χ2n) is 7.02. The molecule has 2 aliphatic heterocycles. The molecule has 2 heterocycles. The van der Waals surface area contributed by atoms with E-state index in [-0.39, 0.29) is 18.3 Å². The SMILES string of the molecule is Cl.O=C(O)C1CCCN(CCCN2c3ccccc3Sc3ccccc32)C1. The average molecular weight is 405 g/mol. The molecule has 0 amide bonds. The van der Waals surface area contributed by atoms with Crippen molar-refractivity contribution >= 4 is 41.5 Å². The predicted octanol–water partition coefficient (Wildman–Crippen LogP) is 4.90. The second-order valence-corrected chi connectivity index (χ2v) is 8.10. The van der Waals surface area contributed by atoms with Gasteiger partial charge < -0.3 is 14.9 Å². The Bertz CT molecular complexity index is 756. The van der Waals surface area contributed by atoms with E-state index in [1.54, 1.807) is 0 Å². The van der Waals surface area contributed by atoms with Gasteiger partial charge in [0.1, 0.15) is 0 Å². The summed E-state index contributed by atoms with van der Waals surface area (Å²) >= 11 is 1.83. The number of piperidine rings is 1. The highest BCUT2D eigenvalue weighted by molar-refractivity contribution is 7.99. The highest BCUT2D eigenvalue weighted by atomic mass is 35.5. The molecule has 6 heteroatoms. The lowest BCUT2D eigenvalue weighted by molar-refractivity contribution is -0.143. The number of fused-ring (bicyclic) bond motifs is 2. The Kier molecular flexibility index (Phi) is 6.68. The van der Waals surface area contributed by atoms with Crippen molar-refractivity contribution < 1.29 is 9.90 Å². The Morgan fingerprint density at radius 3 is 2.30 bits per heavy atom. The minimum Gasteiger partial charge on any atom is -0.481 e. The van der Waals surface area contributed by atoms with E-state index in [4.69, 9.17) is 0 Å². The van der Waals surface area contributed by atoms with Crippen LogP contribution in [0.3, 0.4) is 0 Å². The Labute approximate surface area is 171 Å². The number of rotatable bonds is 5. The van der Waals surface area contributed by atoms with Crippen molar-refractivity contribution in [3.05, 3.63) is 48.5 Å². The van der Waals surface area contributed by atoms with Gasteiger partial charge in [0.25, 0.3) is 0 Å². The molecule has 0 aromatic heterocycles. The molecule has 0 radical (unpaired) electrons. The van der Waals surface area contributed by atoms with Crippen molar-refractivity contribution in [2.75, 3.05) is 31.1 Å². The minimum absolute atomic E-state index is 0. The van der Waals surface area contributed by atoms with Crippen LogP contribution in [0, 0.1) is 5.92 Å². The average Bonchev–Trinajstić information content (AvgIpc) is 2.67. The van der Waals surface area contributed by atoms with Crippen molar-refractivity contribution in [3.63, 3.8) is 0 Å². The summed E-state index contributed by atoms with van der Waals surface area (Å²) in [4.78, 5) is 18.6. The van der Waals surface area contributed by atoms with Crippen LogP contribution in [0.1, 0.15) is 19.3 Å². The Morgan fingerprint density at radius 2 is 1.67 bits per heavy atom. The third-order valence-corrected chi connectivity index (χ3v) is 6.37. The number of para-hydroxylation sites is 2. The molecular weight excluding hydrogens is 380 g/mol. The van der Waals surface area contributed by atoms with Crippen LogP contribution in [0.5, 0.6) is 0 Å². The van der Waals surface area contributed by atoms with Crippen LogP contribution in [0.4, 0.5) is 11.4 Å². The number of anilines is 2. The fourth-order valence-electron chi connectivity index (χ4n) is 3.93. The molecule has 27 heavy (non-hydrogen) atoms. The molecule has 1 unspecified atom stereocenters. The molecule has 1 N–H and O–H groups in total. The summed E-state index contributed by atoms with van der Waals surface area (Å²) in [7, 11) is 0. The monoisotopic (exact) mass is 404 g/mol. The number of nitrogens with zero attached hydrogens (tertiary/aromatic N) is 2. The van der Waals surface area contributed by atoms with Crippen molar-refractivity contribution in [3.8, 4) is 0 Å². The first-order valence-corrected chi connectivity index (χ1v) is 10.1. The number of hydrogen-bond donors (Lipinski definition) is 1. The molecule has 4 rings (SSSR count). The number of carbonyl (C=O) groups is 1. The van der Waals surface area contributed by atoms with Crippen molar-refractivity contribution in [2.24, 2.45) is 5.92 Å². The lowest BCUT2D eigenvalue weighted by Gasteiger charge is -2.34. The van der Waals surface area contributed by atoms with E-state index in [1.165, 1.54) is 21.2 Å². The van der Waals surface area contributed by atoms with Crippen molar-refractivity contribution in [2.45, 2.75) is 29.1 Å². The van der Waals surface area contributed by atoms with E-state index in [0.717, 1.165) is 38.9 Å². The number of likely N-dealkylation sites (tertiary alicyclic amines) is 1. The molecule has 0 spiro atoms. The van der Waals surface area contributed by atoms with Gasteiger partial charge in [-0.15, -0.1) is 12.4 Å². The van der Waals surface area contributed by atoms with E-state index < -0.39 is 5.97 Å². The molecule has 0 saturated carbocycles. The zero-order valence-corrected chi connectivity index (χ0v) is 16.8. The number of carboxylic acid groups (broad SMARTS) is 1. The van der Waals surface area contributed by atoms with E-state index in [9.17, 15) is 9.90 Å². The van der Waals surface area contributed by atoms with Crippen LogP contribution >= 0.6 is 24.2 Å². The molecule has 2 aromatic carbocycles. The maximum Gasteiger partial charge on any atom is 0.307 e. The Morgan fingerprint density at radius 1 is 1.04 bits per heavy atom. The standard InChI is InChI=1S/C21H24N2O2S.ClH/c24-21(25)16-7-5-12-22(15-16)13-6-14-23-17-8-1-3-10-19(17)26-20-11-4-2-9-18(20)23;/h1-4,8-11,16H,5-7,12-15H2,(H,24,25);1H. The maximum atomic E-state index is 11.3. The molecule has 4 nitrogen and oxygen atoms in total. The van der Waals surface area contributed by atoms with Crippen LogP contribution in [0.2, 0.25) is 0 Å². The normalized spacial score (nSPS) is 19.0. The summed E-state index contributed by atoms with van der Waals surface area (Å²) in [6, 6.07) is 17.1. The first-order chi connectivity index (χ1) is 12.7. The van der Waals surface area contributed by atoms with Gasteiger partial charge in [-0.1, -0.05) is 36.0 Å². The third-order valence-electron chi connectivity index (χ3n) is 5.24. The molecule has 1 saturated heterocycles. The van der Waals surface area contributed by atoms with Gasteiger partial charge in [-0.05, 0) is 56.6 Å². The van der Waals surface area contributed by atoms with Gasteiger partial charge in [0.15, 0.2) is 0 Å². The van der Waals surface area contributed by atoms with Gasteiger partial charge in [-0.3, -0.25) is 4.79 Å². The Hall–Kier alpha value is -1.69. The summed E-state index contributed by atoms with van der Waals surface area (Å²) < 4.78 is 0. The maximum absolute atomic E-state index is 11.3. The fourth-order valence-corrected chi connectivity index (χ4v) is 5.03. The quantitative estimate of drug-likeness (QED) is 0.767. The molecule has 144 valence electrons. The zero-order chi connectivity index (χ0) is 17.9. The number of benzene rings is 2. The summed E-state index contributed by atoms with van der Waals surface area (Å²) in [5.74, 6) is -0.845. The van der Waals surface area contributed by atoms with Crippen LogP contribution < -0.4 is 4.90 Å². The number of aliphatic carboxylic acids is 1. The van der Waals surface area contributed by atoms with Gasteiger partial charge >= 0.3 is 5.97 Å². The molecule has 1 atom stereocenters. The lowest BCUT2D eigenvalue weighted by Crippen LogP contribution is -2.39. The van der Waals surface area contributed by atoms with E-state index in [0.29, 0.717) is 6.54 Å². The van der Waals surface area contributed by atoms with Crippen LogP contribution in [0.15, 0.2) is 58.3 Å². The van der Waals surface area contributed by atoms with Crippen molar-refractivity contribution in [1.82, 2.24) is 4.90 Å². The van der Waals surface area contributed by atoms with Crippen LogP contribution in [-0.4, -0.2) is 42.2 Å². The third kappa shape index (κ3) is 4.42. The van der Waals surface area contributed by atoms with Crippen LogP contribution in [-0.2, 0) is 4.79 Å². The number of hydrogen-bond acceptors (Lipinski definition) is 4. The summed E-state index contributed by atoms with van der Waals surface area (Å²) in [5, 5.41) is 9.27. The van der Waals surface area contributed by atoms with Crippen molar-refractivity contribution in [1.29, 1.82) is 0 Å². The molecule has 1 fully saturated rings. The predicted molar refractivity (Wildman–Crippen MR) is 113 cm³/mol. The molecule has 0 bridgehead atoms. The van der Waals surface area contributed by atoms with Gasteiger partial charge in [0, 0.05) is 22.9 Å². The summed E-state index contributed by atoms with van der Waals surface area (Å²) in [6.45, 7) is 3.62. The van der Waals surface area contributed by atoms with E-state index in [1.807, 2.05) is 11.8 Å². The molecule has 0 aliphatic carbocycles. The number of halogens is 1. The minimum atomic E-state index is -0.648. The summed E-state index contributed by atoms with van der Waals surface area (Å²) in [6.07, 6.45) is 2.83. The first kappa shape index (κ1) is 20.1. The topological polar surface area (TPSA) is 43.8 Å². The fraction of sp³-hybridized carbons (Fsp3) is 0.381. The largest absolute Gasteiger partial charge is 0.481 e. The van der Waals surface area contributed by atoms with Crippen LogP contribution in [0.25, 0.3) is 0 Å². The zero-order valence-electron chi connectivity index (χ0n) is 15.2. The molecular formula is C21H25ClN2O2S. The van der Waals surface area contributed by atoms with Gasteiger partial charge in [0.05, 0.1) is 17.3 Å². The smallest absolute Gasteiger partial charge is 0.307 e. The van der Waals surface area contributed by atoms with E-state index in [2.05, 4.69) is 58.3 Å². The van der Waals surface area contributed by atoms with Gasteiger partial charge in [0.2, 0.25) is 0 Å². The Balaban J connectivity index is 0.00000210.